The third-order valence-corrected chi connectivity index (χ3v) is 4.11. The van der Waals surface area contributed by atoms with Crippen molar-refractivity contribution in [3.63, 3.8) is 0 Å². The fraction of sp³-hybridized carbons (Fsp3) is 0.238. The van der Waals surface area contributed by atoms with Gasteiger partial charge in [0.1, 0.15) is 0 Å². The van der Waals surface area contributed by atoms with Crippen LogP contribution >= 0.6 is 0 Å². The van der Waals surface area contributed by atoms with E-state index in [1.807, 2.05) is 42.5 Å². The summed E-state index contributed by atoms with van der Waals surface area (Å²) >= 11 is 0. The van der Waals surface area contributed by atoms with Crippen molar-refractivity contribution in [2.45, 2.75) is 26.2 Å². The summed E-state index contributed by atoms with van der Waals surface area (Å²) in [6, 6.07) is 17.8. The van der Waals surface area contributed by atoms with Crippen molar-refractivity contribution in [1.29, 1.82) is 0 Å². The number of nitrogens with zero attached hydrogens (tertiary/aromatic N) is 1. The summed E-state index contributed by atoms with van der Waals surface area (Å²) in [4.78, 5) is 16.6. The molecule has 0 saturated carbocycles. The lowest BCUT2D eigenvalue weighted by Crippen LogP contribution is -2.22. The lowest BCUT2D eigenvalue weighted by Gasteiger charge is -2.19. The molecule has 4 nitrogen and oxygen atoms in total. The molecular weight excluding hydrogens is 310 g/mol. The summed E-state index contributed by atoms with van der Waals surface area (Å²) in [6.07, 6.45) is 1.73. The summed E-state index contributed by atoms with van der Waals surface area (Å²) in [5.41, 5.74) is 3.85. The van der Waals surface area contributed by atoms with Crippen LogP contribution in [0.2, 0.25) is 0 Å². The second-order valence-corrected chi connectivity index (χ2v) is 7.11. The van der Waals surface area contributed by atoms with E-state index in [1.165, 1.54) is 5.56 Å². The molecule has 128 valence electrons. The van der Waals surface area contributed by atoms with E-state index in [9.17, 15) is 4.79 Å². The molecule has 0 atom stereocenters. The molecule has 0 fully saturated rings. The zero-order chi connectivity index (χ0) is 17.9. The van der Waals surface area contributed by atoms with Gasteiger partial charge in [0.05, 0.1) is 17.7 Å². The highest BCUT2D eigenvalue weighted by atomic mass is 16.1. The number of nitrogens with one attached hydrogen (secondary N) is 2. The predicted octanol–water partition coefficient (Wildman–Crippen LogP) is 4.58. The van der Waals surface area contributed by atoms with E-state index in [-0.39, 0.29) is 17.9 Å². The zero-order valence-corrected chi connectivity index (χ0v) is 14.8. The summed E-state index contributed by atoms with van der Waals surface area (Å²) in [5, 5.41) is 7.09. The Morgan fingerprint density at radius 3 is 2.44 bits per heavy atom. The minimum absolute atomic E-state index is 0.0990. The number of pyridine rings is 1. The number of anilines is 2. The number of hydrogen-bond acceptors (Lipinski definition) is 3. The Labute approximate surface area is 148 Å². The van der Waals surface area contributed by atoms with Gasteiger partial charge >= 0.3 is 0 Å². The first-order valence-corrected chi connectivity index (χ1v) is 8.41. The van der Waals surface area contributed by atoms with E-state index in [4.69, 9.17) is 0 Å². The molecule has 1 aromatic heterocycles. The molecule has 0 aliphatic rings. The number of fused-ring (bicyclic) bond motifs is 1. The van der Waals surface area contributed by atoms with Crippen LogP contribution in [-0.4, -0.2) is 17.4 Å². The van der Waals surface area contributed by atoms with E-state index in [0.717, 1.165) is 22.3 Å². The highest BCUT2D eigenvalue weighted by Crippen LogP contribution is 2.23. The molecule has 0 aliphatic carbocycles. The number of carbonyl (C=O) groups excluding carboxylic acids is 1. The largest absolute Gasteiger partial charge is 0.376 e. The highest BCUT2D eigenvalue weighted by molar-refractivity contribution is 6.01. The van der Waals surface area contributed by atoms with Crippen molar-refractivity contribution in [3.8, 4) is 0 Å². The molecule has 0 radical (unpaired) electrons. The maximum absolute atomic E-state index is 12.3. The maximum Gasteiger partial charge on any atom is 0.243 e. The van der Waals surface area contributed by atoms with Crippen molar-refractivity contribution in [3.05, 3.63) is 66.4 Å². The topological polar surface area (TPSA) is 54.0 Å². The van der Waals surface area contributed by atoms with Crippen molar-refractivity contribution < 1.29 is 4.79 Å². The molecule has 0 aliphatic heterocycles. The average Bonchev–Trinajstić information content (AvgIpc) is 2.60. The number of hydrogen-bond donors (Lipinski definition) is 2. The molecule has 3 aromatic rings. The van der Waals surface area contributed by atoms with Crippen molar-refractivity contribution in [2.24, 2.45) is 0 Å². The van der Waals surface area contributed by atoms with Crippen molar-refractivity contribution in [2.75, 3.05) is 17.2 Å². The summed E-state index contributed by atoms with van der Waals surface area (Å²) in [7, 11) is 0. The molecule has 2 N–H and O–H groups in total. The van der Waals surface area contributed by atoms with Gasteiger partial charge in [0.15, 0.2) is 0 Å². The number of amides is 1. The van der Waals surface area contributed by atoms with Crippen LogP contribution in [0, 0.1) is 0 Å². The minimum Gasteiger partial charge on any atom is -0.376 e. The van der Waals surface area contributed by atoms with Crippen LogP contribution in [0.3, 0.4) is 0 Å². The van der Waals surface area contributed by atoms with Crippen LogP contribution in [-0.2, 0) is 10.2 Å². The fourth-order valence-electron chi connectivity index (χ4n) is 2.67. The zero-order valence-electron chi connectivity index (χ0n) is 14.8. The standard InChI is InChI=1S/C21H23N3O/c1-21(2,3)16-9-11-17(12-10-16)23-14-19(25)24-18-8-4-6-15-7-5-13-22-20(15)18/h4-13,23H,14H2,1-3H3,(H,24,25). The molecule has 0 bridgehead atoms. The molecule has 2 aromatic carbocycles. The lowest BCUT2D eigenvalue weighted by molar-refractivity contribution is -0.114. The normalized spacial score (nSPS) is 11.3. The van der Waals surface area contributed by atoms with Gasteiger partial charge in [0.2, 0.25) is 5.91 Å². The number of benzene rings is 2. The van der Waals surface area contributed by atoms with Crippen molar-refractivity contribution in [1.82, 2.24) is 4.98 Å². The maximum atomic E-state index is 12.3. The van der Waals surface area contributed by atoms with Gasteiger partial charge in [-0.1, -0.05) is 51.1 Å². The number of carbonyl (C=O) groups is 1. The Kier molecular flexibility index (Phi) is 4.70. The number of aromatic nitrogens is 1. The molecule has 25 heavy (non-hydrogen) atoms. The Balaban J connectivity index is 1.63. The van der Waals surface area contributed by atoms with Gasteiger partial charge in [0, 0.05) is 17.3 Å². The van der Waals surface area contributed by atoms with Crippen LogP contribution < -0.4 is 10.6 Å². The molecule has 0 saturated heterocycles. The first-order chi connectivity index (χ1) is 11.9. The van der Waals surface area contributed by atoms with Gasteiger partial charge in [0.25, 0.3) is 0 Å². The van der Waals surface area contributed by atoms with E-state index in [0.29, 0.717) is 0 Å². The highest BCUT2D eigenvalue weighted by Gasteiger charge is 2.13. The third-order valence-electron chi connectivity index (χ3n) is 4.11. The van der Waals surface area contributed by atoms with Crippen LogP contribution in [0.15, 0.2) is 60.8 Å². The van der Waals surface area contributed by atoms with Gasteiger partial charge in [-0.15, -0.1) is 0 Å². The Morgan fingerprint density at radius 1 is 1.00 bits per heavy atom. The Hall–Kier alpha value is -2.88. The van der Waals surface area contributed by atoms with Gasteiger partial charge in [-0.25, -0.2) is 0 Å². The van der Waals surface area contributed by atoms with Crippen LogP contribution in [0.4, 0.5) is 11.4 Å². The molecule has 0 spiro atoms. The molecule has 1 heterocycles. The van der Waals surface area contributed by atoms with Gasteiger partial charge in [-0.05, 0) is 35.2 Å². The van der Waals surface area contributed by atoms with Gasteiger partial charge in [-0.2, -0.15) is 0 Å². The van der Waals surface area contributed by atoms with Gasteiger partial charge in [-0.3, -0.25) is 9.78 Å². The number of rotatable bonds is 4. The van der Waals surface area contributed by atoms with E-state index < -0.39 is 0 Å². The Morgan fingerprint density at radius 2 is 1.72 bits per heavy atom. The molecule has 3 rings (SSSR count). The molecule has 4 heteroatoms. The monoisotopic (exact) mass is 333 g/mol. The summed E-state index contributed by atoms with van der Waals surface area (Å²) in [5.74, 6) is -0.0990. The molecular formula is C21H23N3O. The van der Waals surface area contributed by atoms with Crippen molar-refractivity contribution >= 4 is 28.2 Å². The molecule has 0 unspecified atom stereocenters. The average molecular weight is 333 g/mol. The first-order valence-electron chi connectivity index (χ1n) is 8.41. The van der Waals surface area contributed by atoms with Crippen LogP contribution in [0.5, 0.6) is 0 Å². The third kappa shape index (κ3) is 4.15. The number of para-hydroxylation sites is 1. The summed E-state index contributed by atoms with van der Waals surface area (Å²) in [6.45, 7) is 6.75. The first kappa shape index (κ1) is 17.0. The fourth-order valence-corrected chi connectivity index (χ4v) is 2.67. The van der Waals surface area contributed by atoms with Crippen LogP contribution in [0.25, 0.3) is 10.9 Å². The lowest BCUT2D eigenvalue weighted by atomic mass is 9.87. The smallest absolute Gasteiger partial charge is 0.243 e. The van der Waals surface area contributed by atoms with Crippen LogP contribution in [0.1, 0.15) is 26.3 Å². The summed E-state index contributed by atoms with van der Waals surface area (Å²) < 4.78 is 0. The Bertz CT molecular complexity index is 874. The van der Waals surface area contributed by atoms with E-state index in [2.05, 4.69) is 48.5 Å². The minimum atomic E-state index is -0.0990. The van der Waals surface area contributed by atoms with E-state index >= 15 is 0 Å². The second-order valence-electron chi connectivity index (χ2n) is 7.11. The second kappa shape index (κ2) is 6.93. The molecule has 1 amide bonds. The SMILES string of the molecule is CC(C)(C)c1ccc(NCC(=O)Nc2cccc3cccnc23)cc1. The van der Waals surface area contributed by atoms with Gasteiger partial charge < -0.3 is 10.6 Å². The predicted molar refractivity (Wildman–Crippen MR) is 104 cm³/mol. The quantitative estimate of drug-likeness (QED) is 0.734. The van der Waals surface area contributed by atoms with E-state index in [1.54, 1.807) is 6.20 Å².